The van der Waals surface area contributed by atoms with Gasteiger partial charge in [0.05, 0.1) is 5.41 Å². The maximum Gasteiger partial charge on any atom is 0.311 e. The third kappa shape index (κ3) is 10.4. The van der Waals surface area contributed by atoms with Gasteiger partial charge < -0.3 is 20.7 Å². The lowest BCUT2D eigenvalue weighted by Gasteiger charge is -2.24. The van der Waals surface area contributed by atoms with Crippen molar-refractivity contribution in [3.63, 3.8) is 0 Å². The van der Waals surface area contributed by atoms with Gasteiger partial charge in [0.2, 0.25) is 17.7 Å². The number of hydrogen-bond donors (Lipinski definition) is 3. The maximum atomic E-state index is 12.9. The number of rotatable bonds is 16. The minimum Gasteiger partial charge on any atom is -0.460 e. The molecule has 11 heteroatoms. The van der Waals surface area contributed by atoms with Crippen LogP contribution in [0.1, 0.15) is 83.5 Å². The van der Waals surface area contributed by atoms with Crippen LogP contribution in [-0.2, 0) is 40.1 Å². The predicted octanol–water partition coefficient (Wildman–Crippen LogP) is 3.97. The van der Waals surface area contributed by atoms with Crippen LogP contribution in [0.4, 0.5) is 5.69 Å². The van der Waals surface area contributed by atoms with Crippen LogP contribution >= 0.6 is 0 Å². The molecule has 0 unspecified atom stereocenters. The second-order valence-electron chi connectivity index (χ2n) is 11.5. The Kier molecular flexibility index (Phi) is 12.9. The van der Waals surface area contributed by atoms with Crippen molar-refractivity contribution in [1.29, 1.82) is 0 Å². The van der Waals surface area contributed by atoms with Crippen LogP contribution in [0.3, 0.4) is 0 Å². The molecule has 1 aliphatic rings. The first kappa shape index (κ1) is 34.2. The molecule has 2 rings (SSSR count). The van der Waals surface area contributed by atoms with Crippen LogP contribution < -0.4 is 16.0 Å². The number of ether oxygens (including phenoxy) is 1. The molecule has 0 radical (unpaired) electrons. The van der Waals surface area contributed by atoms with Crippen LogP contribution in [0, 0.1) is 11.3 Å². The first-order valence-corrected chi connectivity index (χ1v) is 14.5. The highest BCUT2D eigenvalue weighted by molar-refractivity contribution is 6.12. The van der Waals surface area contributed by atoms with Crippen molar-refractivity contribution in [2.24, 2.45) is 11.3 Å². The highest BCUT2D eigenvalue weighted by atomic mass is 16.5. The highest BCUT2D eigenvalue weighted by Gasteiger charge is 2.28. The summed E-state index contributed by atoms with van der Waals surface area (Å²) in [4.78, 5) is 74.6. The molecular weight excluding hydrogens is 540 g/mol. The van der Waals surface area contributed by atoms with E-state index in [1.807, 2.05) is 20.8 Å². The number of carbonyl (C=O) groups excluding carboxylic acids is 6. The normalized spacial score (nSPS) is 14.5. The Balaban J connectivity index is 0. The zero-order chi connectivity index (χ0) is 31.4. The number of anilines is 1. The van der Waals surface area contributed by atoms with Gasteiger partial charge in [-0.1, -0.05) is 39.3 Å². The summed E-state index contributed by atoms with van der Waals surface area (Å²) in [5.74, 6) is -2.32. The van der Waals surface area contributed by atoms with Crippen molar-refractivity contribution in [2.75, 3.05) is 11.9 Å². The van der Waals surface area contributed by atoms with E-state index in [9.17, 15) is 28.8 Å². The van der Waals surface area contributed by atoms with Gasteiger partial charge in [-0.05, 0) is 63.6 Å². The predicted molar refractivity (Wildman–Crippen MR) is 164 cm³/mol. The van der Waals surface area contributed by atoms with Gasteiger partial charge in [0.1, 0.15) is 18.7 Å². The quantitative estimate of drug-likeness (QED) is 0.150. The molecule has 1 aromatic carbocycles. The lowest BCUT2D eigenvalue weighted by atomic mass is 9.91. The van der Waals surface area contributed by atoms with E-state index in [-0.39, 0.29) is 46.9 Å². The van der Waals surface area contributed by atoms with Crippen LogP contribution in [0.15, 0.2) is 36.4 Å². The molecule has 0 fully saturated rings. The molecule has 1 aromatic rings. The molecule has 2 atom stereocenters. The Morgan fingerprint density at radius 1 is 0.905 bits per heavy atom. The summed E-state index contributed by atoms with van der Waals surface area (Å²) in [6.07, 6.45) is 5.11. The van der Waals surface area contributed by atoms with Gasteiger partial charge in [-0.15, -0.1) is 0 Å². The van der Waals surface area contributed by atoms with Crippen molar-refractivity contribution >= 4 is 41.2 Å². The van der Waals surface area contributed by atoms with Crippen LogP contribution in [0.2, 0.25) is 0 Å². The average Bonchev–Trinajstić information content (AvgIpc) is 3.26. The molecule has 11 nitrogen and oxygen atoms in total. The summed E-state index contributed by atoms with van der Waals surface area (Å²) in [7, 11) is 0. The molecule has 5 amide bonds. The lowest BCUT2D eigenvalue weighted by Crippen LogP contribution is -2.53. The van der Waals surface area contributed by atoms with Crippen molar-refractivity contribution in [1.82, 2.24) is 15.5 Å². The Hall–Kier alpha value is -4.02. The molecule has 42 heavy (non-hydrogen) atoms. The second-order valence-corrected chi connectivity index (χ2v) is 11.5. The standard InChI is InChI=1S/C31H44N4O7.3H2/c1-7-31(5,6)30(41)42-19-22-12-14-23(15-13-22)33-28(39)21(4)32-29(40)27(20(2)3)34-24(36)11-9-8-10-18-35-25(37)16-17-26(35)38;;;/h12-17,20-21,27H,7-11,18-19H2,1-6H3,(H,32,40)(H,33,39)(H,34,36);3*1H/t21-,27-;;;/m0.../s1. The second kappa shape index (κ2) is 15.8. The first-order chi connectivity index (χ1) is 19.7. The van der Waals surface area contributed by atoms with Crippen LogP contribution in [-0.4, -0.2) is 59.0 Å². The molecule has 0 spiro atoms. The molecule has 236 valence electrons. The van der Waals surface area contributed by atoms with Gasteiger partial charge in [0.15, 0.2) is 0 Å². The largest absolute Gasteiger partial charge is 0.460 e. The molecule has 0 saturated carbocycles. The van der Waals surface area contributed by atoms with Crippen molar-refractivity contribution in [3.05, 3.63) is 42.0 Å². The highest BCUT2D eigenvalue weighted by Crippen LogP contribution is 2.22. The molecular formula is C31H50N4O7. The van der Waals surface area contributed by atoms with Gasteiger partial charge in [-0.3, -0.25) is 33.7 Å². The summed E-state index contributed by atoms with van der Waals surface area (Å²) >= 11 is 0. The van der Waals surface area contributed by atoms with Crippen LogP contribution in [0.25, 0.3) is 0 Å². The number of hydrogen-bond acceptors (Lipinski definition) is 7. The maximum absolute atomic E-state index is 12.9. The van der Waals surface area contributed by atoms with Crippen molar-refractivity contribution in [2.45, 2.75) is 92.3 Å². The smallest absolute Gasteiger partial charge is 0.311 e. The van der Waals surface area contributed by atoms with E-state index in [0.29, 0.717) is 37.9 Å². The monoisotopic (exact) mass is 590 g/mol. The minimum atomic E-state index is -0.863. The van der Waals surface area contributed by atoms with E-state index in [1.165, 1.54) is 17.1 Å². The fourth-order valence-corrected chi connectivity index (χ4v) is 3.96. The molecule has 0 bridgehead atoms. The van der Waals surface area contributed by atoms with E-state index in [4.69, 9.17) is 4.74 Å². The summed E-state index contributed by atoms with van der Waals surface area (Å²) in [5.41, 5.74) is 0.747. The first-order valence-electron chi connectivity index (χ1n) is 14.5. The zero-order valence-corrected chi connectivity index (χ0v) is 25.5. The molecule has 1 heterocycles. The van der Waals surface area contributed by atoms with Gasteiger partial charge in [0.25, 0.3) is 11.8 Å². The molecule has 3 N–H and O–H groups in total. The number of nitrogens with one attached hydrogen (secondary N) is 3. The Labute approximate surface area is 252 Å². The number of imide groups is 1. The van der Waals surface area contributed by atoms with Gasteiger partial charge in [0, 0.05) is 35.1 Å². The third-order valence-corrected chi connectivity index (χ3v) is 7.23. The number of amides is 5. The third-order valence-electron chi connectivity index (χ3n) is 7.23. The topological polar surface area (TPSA) is 151 Å². The van der Waals surface area contributed by atoms with Gasteiger partial charge >= 0.3 is 5.97 Å². The Morgan fingerprint density at radius 2 is 1.52 bits per heavy atom. The summed E-state index contributed by atoms with van der Waals surface area (Å²) < 4.78 is 5.38. The summed E-state index contributed by atoms with van der Waals surface area (Å²) in [6.45, 7) is 11.2. The zero-order valence-electron chi connectivity index (χ0n) is 25.5. The fourth-order valence-electron chi connectivity index (χ4n) is 3.96. The van der Waals surface area contributed by atoms with Crippen molar-refractivity contribution < 1.29 is 37.8 Å². The van der Waals surface area contributed by atoms with Crippen molar-refractivity contribution in [3.8, 4) is 0 Å². The van der Waals surface area contributed by atoms with E-state index >= 15 is 0 Å². The number of esters is 1. The Morgan fingerprint density at radius 3 is 2.10 bits per heavy atom. The van der Waals surface area contributed by atoms with Gasteiger partial charge in [-0.25, -0.2) is 0 Å². The van der Waals surface area contributed by atoms with Gasteiger partial charge in [-0.2, -0.15) is 0 Å². The number of nitrogens with zero attached hydrogens (tertiary/aromatic N) is 1. The molecule has 1 aliphatic heterocycles. The molecule has 0 aliphatic carbocycles. The number of unbranched alkanes of at least 4 members (excludes halogenated alkanes) is 2. The van der Waals surface area contributed by atoms with E-state index in [2.05, 4.69) is 16.0 Å². The SMILES string of the molecule is CCC(C)(C)C(=O)OCc1ccc(NC(=O)[C@H](C)NC(=O)[C@@H](NC(=O)CCCCCN2C(=O)C=CC2=O)C(C)C)cc1.[HH].[HH].[HH]. The lowest BCUT2D eigenvalue weighted by molar-refractivity contribution is -0.155. The number of benzene rings is 1. The molecule has 0 aromatic heterocycles. The summed E-state index contributed by atoms with van der Waals surface area (Å²) in [6, 6.07) is 5.19. The fraction of sp³-hybridized carbons (Fsp3) is 0.548. The van der Waals surface area contributed by atoms with E-state index in [1.54, 1.807) is 45.0 Å². The molecule has 0 saturated heterocycles. The summed E-state index contributed by atoms with van der Waals surface area (Å²) in [5, 5.41) is 8.16. The minimum absolute atomic E-state index is 0. The average molecular weight is 591 g/mol. The van der Waals surface area contributed by atoms with E-state index in [0.717, 1.165) is 5.56 Å². The van der Waals surface area contributed by atoms with Crippen LogP contribution in [0.5, 0.6) is 0 Å². The number of carbonyl (C=O) groups is 6. The van der Waals surface area contributed by atoms with E-state index < -0.39 is 29.3 Å². The Bertz CT molecular complexity index is 1170.